The molecule has 25 heavy (non-hydrogen) atoms. The molecule has 0 bridgehead atoms. The van der Waals surface area contributed by atoms with Gasteiger partial charge in [-0.25, -0.2) is 0 Å². The van der Waals surface area contributed by atoms with Gasteiger partial charge in [-0.1, -0.05) is 76.3 Å². The van der Waals surface area contributed by atoms with E-state index in [1.54, 1.807) is 12.1 Å². The Bertz CT molecular complexity index is 431. The van der Waals surface area contributed by atoms with E-state index in [1.807, 2.05) is 12.1 Å². The Balaban J connectivity index is 0.00000576. The van der Waals surface area contributed by atoms with Gasteiger partial charge in [-0.2, -0.15) is 0 Å². The summed E-state index contributed by atoms with van der Waals surface area (Å²) in [7, 11) is 0. The summed E-state index contributed by atoms with van der Waals surface area (Å²) in [6.07, 6.45) is 16.0. The first-order valence-electron chi connectivity index (χ1n) is 9.66. The summed E-state index contributed by atoms with van der Waals surface area (Å²) in [6, 6.07) is 7.54. The summed E-state index contributed by atoms with van der Waals surface area (Å²) in [5.41, 5.74) is 1.31. The summed E-state index contributed by atoms with van der Waals surface area (Å²) in [6.45, 7) is 0. The normalized spacial score (nSPS) is 10.4. The molecule has 1 aromatic rings. The van der Waals surface area contributed by atoms with E-state index in [1.165, 1.54) is 63.4 Å². The van der Waals surface area contributed by atoms with Gasteiger partial charge in [0.25, 0.3) is 0 Å². The fourth-order valence-electron chi connectivity index (χ4n) is 3.03. The molecule has 4 heteroatoms. The van der Waals surface area contributed by atoms with Crippen molar-refractivity contribution in [2.75, 3.05) is 0 Å². The van der Waals surface area contributed by atoms with E-state index >= 15 is 0 Å². The summed E-state index contributed by atoms with van der Waals surface area (Å²) in [4.78, 5) is 10.3. The van der Waals surface area contributed by atoms with Crippen LogP contribution in [0, 0.1) is 0 Å². The number of hydrogen-bond acceptors (Lipinski definition) is 3. The monoisotopic (exact) mass is 356 g/mol. The predicted octanol–water partition coefficient (Wildman–Crippen LogP) is 1.76. The number of carbonyl (C=O) groups excluding carboxylic acids is 1. The summed E-state index contributed by atoms with van der Waals surface area (Å²) >= 11 is 0. The topological polar surface area (TPSA) is 60.4 Å². The van der Waals surface area contributed by atoms with Gasteiger partial charge in [0.1, 0.15) is 5.75 Å². The van der Waals surface area contributed by atoms with Crippen LogP contribution >= 0.6 is 0 Å². The number of rotatable bonds is 15. The molecule has 3 nitrogen and oxygen atoms in total. The van der Waals surface area contributed by atoms with Gasteiger partial charge in [0.2, 0.25) is 0 Å². The average Bonchev–Trinajstić information content (AvgIpc) is 2.56. The maximum atomic E-state index is 10.3. The number of unbranched alkanes of at least 4 members (excludes halogenated alkanes) is 11. The zero-order chi connectivity index (χ0) is 17.5. The van der Waals surface area contributed by atoms with Crippen LogP contribution in [0.4, 0.5) is 0 Å². The molecule has 0 aliphatic heterocycles. The van der Waals surface area contributed by atoms with Crippen molar-refractivity contribution in [3.63, 3.8) is 0 Å². The molecule has 0 amide bonds. The fourth-order valence-corrected chi connectivity index (χ4v) is 3.03. The number of aliphatic carboxylic acids is 1. The van der Waals surface area contributed by atoms with Crippen molar-refractivity contribution in [1.29, 1.82) is 0 Å². The van der Waals surface area contributed by atoms with Crippen LogP contribution in [0.25, 0.3) is 0 Å². The maximum absolute atomic E-state index is 10.3. The molecular weight excluding hydrogens is 323 g/mol. The van der Waals surface area contributed by atoms with Gasteiger partial charge in [-0.3, -0.25) is 0 Å². The minimum Gasteiger partial charge on any atom is -0.550 e. The van der Waals surface area contributed by atoms with Crippen LogP contribution in [0.3, 0.4) is 0 Å². The third-order valence-electron chi connectivity index (χ3n) is 4.53. The average molecular weight is 356 g/mol. The first kappa shape index (κ1) is 24.5. The molecule has 0 saturated carbocycles. The molecule has 136 valence electrons. The second kappa shape index (κ2) is 16.9. The van der Waals surface area contributed by atoms with E-state index in [0.717, 1.165) is 25.7 Å². The van der Waals surface area contributed by atoms with Crippen molar-refractivity contribution >= 4 is 5.97 Å². The zero-order valence-corrected chi connectivity index (χ0v) is 18.0. The van der Waals surface area contributed by atoms with E-state index in [9.17, 15) is 15.0 Å². The molecule has 0 unspecified atom stereocenters. The third kappa shape index (κ3) is 15.5. The molecule has 0 aromatic heterocycles. The Labute approximate surface area is 175 Å². The molecule has 0 radical (unpaired) electrons. The molecule has 0 spiro atoms. The van der Waals surface area contributed by atoms with Crippen LogP contribution in [0.1, 0.15) is 89.0 Å². The fraction of sp³-hybridized carbons (Fsp3) is 0.667. The number of aromatic hydroxyl groups is 1. The van der Waals surface area contributed by atoms with Crippen LogP contribution in [-0.4, -0.2) is 11.1 Å². The van der Waals surface area contributed by atoms with Gasteiger partial charge < -0.3 is 15.0 Å². The Kier molecular flexibility index (Phi) is 16.6. The number of carboxylic acids is 1. The Morgan fingerprint density at radius 2 is 1.12 bits per heavy atom. The molecule has 1 rings (SSSR count). The van der Waals surface area contributed by atoms with Gasteiger partial charge in [0.05, 0.1) is 0 Å². The third-order valence-corrected chi connectivity index (χ3v) is 4.53. The molecule has 1 aromatic carbocycles. The van der Waals surface area contributed by atoms with Crippen molar-refractivity contribution < 1.29 is 44.6 Å². The van der Waals surface area contributed by atoms with E-state index in [-0.39, 0.29) is 36.0 Å². The molecule has 0 aliphatic carbocycles. The molecule has 0 saturated heterocycles. The predicted molar refractivity (Wildman–Crippen MR) is 96.8 cm³/mol. The second-order valence-electron chi connectivity index (χ2n) is 6.78. The van der Waals surface area contributed by atoms with E-state index < -0.39 is 5.97 Å². The standard InChI is InChI=1S/C21H34O3.Na/c22-20-17-15-19(16-18-20)13-11-9-7-5-3-1-2-4-6-8-10-12-14-21(23)24;/h15-18,22H,1-14H2,(H,23,24);/q;+1/p-1. The van der Waals surface area contributed by atoms with Gasteiger partial charge >= 0.3 is 29.6 Å². The number of phenols is 1. The van der Waals surface area contributed by atoms with Gasteiger partial charge in [-0.15, -0.1) is 0 Å². The quantitative estimate of drug-likeness (QED) is 0.385. The van der Waals surface area contributed by atoms with Crippen molar-refractivity contribution in [1.82, 2.24) is 0 Å². The molecule has 0 fully saturated rings. The Hall–Kier alpha value is -0.510. The Morgan fingerprint density at radius 1 is 0.720 bits per heavy atom. The zero-order valence-electron chi connectivity index (χ0n) is 16.0. The molecule has 0 heterocycles. The first-order valence-corrected chi connectivity index (χ1v) is 9.66. The molecule has 1 N–H and O–H groups in total. The first-order chi connectivity index (χ1) is 11.7. The van der Waals surface area contributed by atoms with Gasteiger partial charge in [0.15, 0.2) is 0 Å². The minimum atomic E-state index is -0.918. The Morgan fingerprint density at radius 3 is 1.56 bits per heavy atom. The van der Waals surface area contributed by atoms with Crippen molar-refractivity contribution in [3.05, 3.63) is 29.8 Å². The van der Waals surface area contributed by atoms with E-state index in [4.69, 9.17) is 0 Å². The summed E-state index contributed by atoms with van der Waals surface area (Å²) in [5.74, 6) is -0.575. The SMILES string of the molecule is O=C([O-])CCCCCCCCCCCCCCc1ccc(O)cc1.[Na+]. The van der Waals surface area contributed by atoms with Crippen LogP contribution in [0.2, 0.25) is 0 Å². The van der Waals surface area contributed by atoms with Crippen molar-refractivity contribution in [3.8, 4) is 5.75 Å². The molecule has 0 atom stereocenters. The van der Waals surface area contributed by atoms with E-state index in [2.05, 4.69) is 0 Å². The number of hydrogen-bond donors (Lipinski definition) is 1. The number of aryl methyl sites for hydroxylation is 1. The van der Waals surface area contributed by atoms with Gasteiger partial charge in [-0.05, 0) is 43.4 Å². The maximum Gasteiger partial charge on any atom is 1.00 e. The number of carbonyl (C=O) groups is 1. The second-order valence-corrected chi connectivity index (χ2v) is 6.78. The number of carboxylic acid groups (broad SMARTS) is 1. The molecule has 0 aliphatic rings. The minimum absolute atomic E-state index is 0. The van der Waals surface area contributed by atoms with Gasteiger partial charge in [0, 0.05) is 5.97 Å². The van der Waals surface area contributed by atoms with E-state index in [0.29, 0.717) is 5.75 Å². The van der Waals surface area contributed by atoms with Crippen LogP contribution < -0.4 is 34.7 Å². The molecular formula is C21H33NaO3. The number of phenolic OH excluding ortho intramolecular Hbond substituents is 1. The summed E-state index contributed by atoms with van der Waals surface area (Å²) in [5, 5.41) is 19.5. The largest absolute Gasteiger partial charge is 1.00 e. The summed E-state index contributed by atoms with van der Waals surface area (Å²) < 4.78 is 0. The smallest absolute Gasteiger partial charge is 0.550 e. The van der Waals surface area contributed by atoms with Crippen LogP contribution in [-0.2, 0) is 11.2 Å². The van der Waals surface area contributed by atoms with Crippen molar-refractivity contribution in [2.24, 2.45) is 0 Å². The number of benzene rings is 1. The van der Waals surface area contributed by atoms with Crippen LogP contribution in [0.5, 0.6) is 5.75 Å². The van der Waals surface area contributed by atoms with Crippen molar-refractivity contribution in [2.45, 2.75) is 89.9 Å². The van der Waals surface area contributed by atoms with Crippen LogP contribution in [0.15, 0.2) is 24.3 Å².